The van der Waals surface area contributed by atoms with Crippen LogP contribution < -0.4 is 0 Å². The minimum atomic E-state index is -0.895. The fourth-order valence-electron chi connectivity index (χ4n) is 0.687. The summed E-state index contributed by atoms with van der Waals surface area (Å²) in [5.74, 6) is 0. The summed E-state index contributed by atoms with van der Waals surface area (Å²) < 4.78 is 0. The highest BCUT2D eigenvalue weighted by atomic mass is 28.3. The summed E-state index contributed by atoms with van der Waals surface area (Å²) in [5.41, 5.74) is 2.47. The molecule has 1 heteroatoms. The minimum absolute atomic E-state index is 0.895. The van der Waals surface area contributed by atoms with Crippen LogP contribution in [0.3, 0.4) is 0 Å². The number of allylic oxidation sites excluding steroid dienone is 1. The lowest BCUT2D eigenvalue weighted by Gasteiger charge is -2.13. The molecular weight excluding hydrogens is 136 g/mol. The van der Waals surface area contributed by atoms with Crippen molar-refractivity contribution in [2.45, 2.75) is 45.8 Å². The van der Waals surface area contributed by atoms with Gasteiger partial charge in [0.25, 0.3) is 0 Å². The van der Waals surface area contributed by atoms with Crippen molar-refractivity contribution in [2.24, 2.45) is 0 Å². The molecule has 0 aromatic rings. The molecule has 60 valence electrons. The Hall–Kier alpha value is -0.0431. The van der Waals surface area contributed by atoms with Gasteiger partial charge in [-0.3, -0.25) is 0 Å². The Morgan fingerprint density at radius 2 is 1.80 bits per heavy atom. The SMILES string of the molecule is CCC/C=C/[Si](C)(C)CC. The second kappa shape index (κ2) is 4.72. The molecular formula is C9H20Si. The van der Waals surface area contributed by atoms with Gasteiger partial charge < -0.3 is 0 Å². The van der Waals surface area contributed by atoms with Crippen LogP contribution >= 0.6 is 0 Å². The molecule has 0 saturated heterocycles. The fourth-order valence-corrected chi connectivity index (χ4v) is 1.73. The maximum absolute atomic E-state index is 2.47. The molecule has 0 nitrogen and oxygen atoms in total. The molecule has 0 bridgehead atoms. The minimum Gasteiger partial charge on any atom is -0.0987 e. The Bertz CT molecular complexity index is 103. The van der Waals surface area contributed by atoms with Crippen molar-refractivity contribution < 1.29 is 0 Å². The molecule has 0 unspecified atom stereocenters. The molecule has 0 amide bonds. The van der Waals surface area contributed by atoms with Gasteiger partial charge in [0.15, 0.2) is 0 Å². The van der Waals surface area contributed by atoms with E-state index in [9.17, 15) is 0 Å². The second-order valence-corrected chi connectivity index (χ2v) is 8.55. The number of unbranched alkanes of at least 4 members (excludes halogenated alkanes) is 1. The Morgan fingerprint density at radius 3 is 2.20 bits per heavy atom. The van der Waals surface area contributed by atoms with Crippen LogP contribution in [0.4, 0.5) is 0 Å². The van der Waals surface area contributed by atoms with Crippen molar-refractivity contribution in [1.82, 2.24) is 0 Å². The van der Waals surface area contributed by atoms with Gasteiger partial charge in [-0.1, -0.05) is 51.2 Å². The molecule has 10 heavy (non-hydrogen) atoms. The molecule has 0 aliphatic rings. The summed E-state index contributed by atoms with van der Waals surface area (Å²) in [6.45, 7) is 9.35. The van der Waals surface area contributed by atoms with Gasteiger partial charge in [0.2, 0.25) is 0 Å². The average molecular weight is 156 g/mol. The van der Waals surface area contributed by atoms with Crippen LogP contribution in [0.25, 0.3) is 0 Å². The fraction of sp³-hybridized carbons (Fsp3) is 0.778. The Labute approximate surface area is 66.4 Å². The zero-order valence-corrected chi connectivity index (χ0v) is 8.78. The first-order chi connectivity index (χ1) is 4.62. The summed E-state index contributed by atoms with van der Waals surface area (Å²) in [6, 6.07) is 1.37. The molecule has 0 N–H and O–H groups in total. The lowest BCUT2D eigenvalue weighted by Crippen LogP contribution is -2.20. The van der Waals surface area contributed by atoms with E-state index in [0.717, 1.165) is 0 Å². The maximum Gasteiger partial charge on any atom is 0.0710 e. The van der Waals surface area contributed by atoms with E-state index in [0.29, 0.717) is 0 Å². The average Bonchev–Trinajstić information content (AvgIpc) is 1.89. The molecule has 0 aromatic carbocycles. The Morgan fingerprint density at radius 1 is 1.20 bits per heavy atom. The zero-order valence-electron chi connectivity index (χ0n) is 7.78. The van der Waals surface area contributed by atoms with E-state index in [1.807, 2.05) is 0 Å². The lowest BCUT2D eigenvalue weighted by atomic mass is 10.3. The standard InChI is InChI=1S/C9H20Si/c1-5-7-8-9-10(3,4)6-2/h8-9H,5-7H2,1-4H3/b9-8+. The number of rotatable bonds is 4. The molecule has 0 aliphatic heterocycles. The third kappa shape index (κ3) is 4.80. The van der Waals surface area contributed by atoms with Crippen molar-refractivity contribution in [3.8, 4) is 0 Å². The lowest BCUT2D eigenvalue weighted by molar-refractivity contribution is 0.959. The molecule has 0 spiro atoms. The third-order valence-corrected chi connectivity index (χ3v) is 4.90. The second-order valence-electron chi connectivity index (χ2n) is 3.53. The van der Waals surface area contributed by atoms with Crippen LogP contribution in [-0.2, 0) is 0 Å². The van der Waals surface area contributed by atoms with Crippen molar-refractivity contribution in [2.75, 3.05) is 0 Å². The van der Waals surface area contributed by atoms with Crippen LogP contribution in [0, 0.1) is 0 Å². The molecule has 0 saturated carbocycles. The van der Waals surface area contributed by atoms with Crippen LogP contribution in [0.2, 0.25) is 19.1 Å². The van der Waals surface area contributed by atoms with E-state index in [-0.39, 0.29) is 0 Å². The molecule has 0 heterocycles. The van der Waals surface area contributed by atoms with E-state index in [2.05, 4.69) is 38.7 Å². The van der Waals surface area contributed by atoms with E-state index < -0.39 is 8.07 Å². The van der Waals surface area contributed by atoms with E-state index >= 15 is 0 Å². The zero-order chi connectivity index (χ0) is 8.04. The van der Waals surface area contributed by atoms with Gasteiger partial charge in [-0.25, -0.2) is 0 Å². The van der Waals surface area contributed by atoms with Gasteiger partial charge in [0.1, 0.15) is 0 Å². The number of hydrogen-bond acceptors (Lipinski definition) is 0. The predicted octanol–water partition coefficient (Wildman–Crippen LogP) is 3.61. The topological polar surface area (TPSA) is 0 Å². The predicted molar refractivity (Wildman–Crippen MR) is 52.0 cm³/mol. The smallest absolute Gasteiger partial charge is 0.0710 e. The van der Waals surface area contributed by atoms with Gasteiger partial charge in [-0.05, 0) is 6.42 Å². The van der Waals surface area contributed by atoms with Crippen LogP contribution in [0.15, 0.2) is 11.8 Å². The maximum atomic E-state index is 2.47. The molecule has 0 rings (SSSR count). The van der Waals surface area contributed by atoms with E-state index in [4.69, 9.17) is 0 Å². The molecule has 0 atom stereocenters. The van der Waals surface area contributed by atoms with Crippen LogP contribution in [0.5, 0.6) is 0 Å². The monoisotopic (exact) mass is 156 g/mol. The molecule has 0 radical (unpaired) electrons. The van der Waals surface area contributed by atoms with Gasteiger partial charge in [-0.2, -0.15) is 0 Å². The first-order valence-electron chi connectivity index (χ1n) is 4.30. The van der Waals surface area contributed by atoms with Crippen molar-refractivity contribution >= 4 is 8.07 Å². The summed E-state index contributed by atoms with van der Waals surface area (Å²) in [4.78, 5) is 0. The van der Waals surface area contributed by atoms with Crippen molar-refractivity contribution in [1.29, 1.82) is 0 Å². The Kier molecular flexibility index (Phi) is 4.70. The molecule has 0 fully saturated rings. The van der Waals surface area contributed by atoms with Gasteiger partial charge in [-0.15, -0.1) is 0 Å². The summed E-state index contributed by atoms with van der Waals surface area (Å²) in [5, 5.41) is 0. The Balaban J connectivity index is 3.63. The quantitative estimate of drug-likeness (QED) is 0.545. The van der Waals surface area contributed by atoms with Crippen molar-refractivity contribution in [3.05, 3.63) is 11.8 Å². The van der Waals surface area contributed by atoms with Crippen LogP contribution in [0.1, 0.15) is 26.7 Å². The first-order valence-corrected chi connectivity index (χ1v) is 7.58. The van der Waals surface area contributed by atoms with Gasteiger partial charge in [0.05, 0.1) is 8.07 Å². The van der Waals surface area contributed by atoms with E-state index in [1.165, 1.54) is 18.9 Å². The van der Waals surface area contributed by atoms with E-state index in [1.54, 1.807) is 0 Å². The summed E-state index contributed by atoms with van der Waals surface area (Å²) in [6.07, 6.45) is 4.90. The van der Waals surface area contributed by atoms with Crippen molar-refractivity contribution in [3.63, 3.8) is 0 Å². The van der Waals surface area contributed by atoms with Crippen LogP contribution in [-0.4, -0.2) is 8.07 Å². The summed E-state index contributed by atoms with van der Waals surface area (Å²) in [7, 11) is -0.895. The van der Waals surface area contributed by atoms with Gasteiger partial charge in [0, 0.05) is 0 Å². The number of hydrogen-bond donors (Lipinski definition) is 0. The largest absolute Gasteiger partial charge is 0.0987 e. The normalized spacial score (nSPS) is 12.8. The van der Waals surface area contributed by atoms with Gasteiger partial charge >= 0.3 is 0 Å². The highest BCUT2D eigenvalue weighted by Gasteiger charge is 2.11. The molecule has 0 aromatic heterocycles. The first kappa shape index (κ1) is 9.96. The third-order valence-electron chi connectivity index (χ3n) is 1.94. The highest BCUT2D eigenvalue weighted by Crippen LogP contribution is 2.09. The molecule has 0 aliphatic carbocycles. The highest BCUT2D eigenvalue weighted by molar-refractivity contribution is 6.82. The summed E-state index contributed by atoms with van der Waals surface area (Å²) >= 11 is 0.